The average Bonchev–Trinajstić information content (AvgIpc) is 3.02. The molecule has 0 bridgehead atoms. The van der Waals surface area contributed by atoms with E-state index < -0.39 is 0 Å². The van der Waals surface area contributed by atoms with Crippen LogP contribution in [0.1, 0.15) is 15.9 Å². The van der Waals surface area contributed by atoms with Crippen LogP contribution in [0.2, 0.25) is 0 Å². The lowest BCUT2D eigenvalue weighted by Crippen LogP contribution is -2.44. The highest BCUT2D eigenvalue weighted by molar-refractivity contribution is 5.94. The summed E-state index contributed by atoms with van der Waals surface area (Å²) < 4.78 is 16.4. The maximum absolute atomic E-state index is 12.0. The first-order valence-corrected chi connectivity index (χ1v) is 13.5. The van der Waals surface area contributed by atoms with E-state index in [0.29, 0.717) is 69.5 Å². The highest BCUT2D eigenvalue weighted by Gasteiger charge is 2.16. The Bertz CT molecular complexity index is 1160. The van der Waals surface area contributed by atoms with E-state index in [1.165, 1.54) is 0 Å². The van der Waals surface area contributed by atoms with Crippen molar-refractivity contribution in [2.24, 2.45) is 0 Å². The van der Waals surface area contributed by atoms with Crippen LogP contribution in [0, 0.1) is 0 Å². The van der Waals surface area contributed by atoms with Crippen molar-refractivity contribution >= 4 is 23.8 Å². The van der Waals surface area contributed by atoms with E-state index in [1.54, 1.807) is 19.2 Å². The number of anilines is 3. The zero-order valence-electron chi connectivity index (χ0n) is 22.9. The fourth-order valence-electron chi connectivity index (χ4n) is 3.94. The monoisotopic (exact) mass is 550 g/mol. The minimum atomic E-state index is -0.107. The number of hydrogen-bond donors (Lipinski definition) is 4. The molecule has 1 aromatic heterocycles. The molecule has 0 aliphatic carbocycles. The Morgan fingerprint density at radius 2 is 1.52 bits per heavy atom. The molecule has 40 heavy (non-hydrogen) atoms. The fourth-order valence-corrected chi connectivity index (χ4v) is 3.94. The summed E-state index contributed by atoms with van der Waals surface area (Å²) in [5, 5.41) is 12.7. The second-order valence-electron chi connectivity index (χ2n) is 8.99. The van der Waals surface area contributed by atoms with Gasteiger partial charge in [0.2, 0.25) is 17.8 Å². The summed E-state index contributed by atoms with van der Waals surface area (Å²) in [5.41, 5.74) is 1.73. The number of carbonyl (C=O) groups excluding carboxylic acids is 1. The molecule has 0 atom stereocenters. The van der Waals surface area contributed by atoms with Gasteiger partial charge in [-0.25, -0.2) is 0 Å². The third-order valence-electron chi connectivity index (χ3n) is 6.10. The molecule has 1 saturated heterocycles. The van der Waals surface area contributed by atoms with Gasteiger partial charge >= 0.3 is 0 Å². The van der Waals surface area contributed by atoms with Crippen LogP contribution < -0.4 is 30.9 Å². The van der Waals surface area contributed by atoms with Crippen LogP contribution in [0.4, 0.5) is 17.8 Å². The predicted octanol–water partition coefficient (Wildman–Crippen LogP) is 1.78. The fraction of sp³-hybridized carbons (Fsp3) is 0.429. The van der Waals surface area contributed by atoms with Crippen molar-refractivity contribution < 1.29 is 19.0 Å². The van der Waals surface area contributed by atoms with Crippen LogP contribution in [0.5, 0.6) is 5.75 Å². The zero-order chi connectivity index (χ0) is 27.8. The maximum Gasteiger partial charge on any atom is 0.251 e. The largest absolute Gasteiger partial charge is 0.497 e. The van der Waals surface area contributed by atoms with Crippen molar-refractivity contribution in [2.45, 2.75) is 6.54 Å². The number of hydrogen-bond acceptors (Lipinski definition) is 11. The lowest BCUT2D eigenvalue weighted by molar-refractivity contribution is 0.0519. The van der Waals surface area contributed by atoms with E-state index in [1.807, 2.05) is 42.5 Å². The van der Waals surface area contributed by atoms with Crippen molar-refractivity contribution in [2.75, 3.05) is 88.3 Å². The van der Waals surface area contributed by atoms with Crippen molar-refractivity contribution in [3.05, 3.63) is 65.7 Å². The summed E-state index contributed by atoms with van der Waals surface area (Å²) in [5.74, 6) is 2.36. The smallest absolute Gasteiger partial charge is 0.251 e. The summed E-state index contributed by atoms with van der Waals surface area (Å²) in [6.07, 6.45) is 0. The molecule has 1 aliphatic heterocycles. The highest BCUT2D eigenvalue weighted by atomic mass is 16.5. The molecular formula is C28H38N8O4. The Labute approximate surface area is 234 Å². The Kier molecular flexibility index (Phi) is 11.7. The van der Waals surface area contributed by atoms with E-state index in [9.17, 15) is 4.79 Å². The first-order valence-electron chi connectivity index (χ1n) is 13.5. The lowest BCUT2D eigenvalue weighted by atomic mass is 10.2. The normalized spacial score (nSPS) is 13.1. The predicted molar refractivity (Wildman–Crippen MR) is 154 cm³/mol. The number of amides is 1. The van der Waals surface area contributed by atoms with Crippen LogP contribution in [0.15, 0.2) is 54.6 Å². The third kappa shape index (κ3) is 9.63. The Balaban J connectivity index is 1.16. The number of carbonyl (C=O) groups is 1. The maximum atomic E-state index is 12.0. The molecule has 1 amide bonds. The van der Waals surface area contributed by atoms with Gasteiger partial charge in [0.1, 0.15) is 5.75 Å². The third-order valence-corrected chi connectivity index (χ3v) is 6.10. The molecule has 2 heterocycles. The molecule has 0 unspecified atom stereocenters. The highest BCUT2D eigenvalue weighted by Crippen LogP contribution is 2.16. The molecule has 214 valence electrons. The molecule has 0 radical (unpaired) electrons. The number of rotatable bonds is 16. The Morgan fingerprint density at radius 3 is 2.23 bits per heavy atom. The molecule has 3 aromatic rings. The quantitative estimate of drug-likeness (QED) is 0.194. The number of ether oxygens (including phenoxy) is 3. The van der Waals surface area contributed by atoms with Gasteiger partial charge < -0.3 is 40.4 Å². The van der Waals surface area contributed by atoms with Crippen molar-refractivity contribution in [3.8, 4) is 5.75 Å². The van der Waals surface area contributed by atoms with Crippen LogP contribution in [-0.4, -0.2) is 93.7 Å². The number of methoxy groups -OCH3 is 1. The summed E-state index contributed by atoms with van der Waals surface area (Å²) in [7, 11) is 1.65. The molecule has 4 rings (SSSR count). The van der Waals surface area contributed by atoms with Gasteiger partial charge in [-0.05, 0) is 29.8 Å². The van der Waals surface area contributed by atoms with Crippen molar-refractivity contribution in [1.29, 1.82) is 0 Å². The number of aromatic nitrogens is 3. The van der Waals surface area contributed by atoms with Gasteiger partial charge in [-0.2, -0.15) is 15.0 Å². The van der Waals surface area contributed by atoms with E-state index in [4.69, 9.17) is 14.2 Å². The summed E-state index contributed by atoms with van der Waals surface area (Å²) in [6.45, 7) is 6.79. The number of nitrogens with one attached hydrogen (secondary N) is 4. The van der Waals surface area contributed by atoms with Gasteiger partial charge in [0.05, 0.1) is 33.5 Å². The lowest BCUT2D eigenvalue weighted by Gasteiger charge is -2.27. The summed E-state index contributed by atoms with van der Waals surface area (Å²) >= 11 is 0. The SMILES string of the molecule is COc1ccc(CNc2nc(NCCOCCOCCNC(=O)c3ccccc3)nc(N3CCNCC3)n2)cc1. The molecule has 0 saturated carbocycles. The average molecular weight is 551 g/mol. The van der Waals surface area contributed by atoms with Crippen LogP contribution in [0.3, 0.4) is 0 Å². The van der Waals surface area contributed by atoms with Gasteiger partial charge in [0.15, 0.2) is 0 Å². The minimum absolute atomic E-state index is 0.107. The number of piperazine rings is 1. The summed E-state index contributed by atoms with van der Waals surface area (Å²) in [4.78, 5) is 28.0. The molecule has 0 spiro atoms. The number of nitrogens with zero attached hydrogens (tertiary/aromatic N) is 4. The van der Waals surface area contributed by atoms with Gasteiger partial charge in [-0.1, -0.05) is 30.3 Å². The van der Waals surface area contributed by atoms with E-state index in [2.05, 4.69) is 41.1 Å². The van der Waals surface area contributed by atoms with Crippen LogP contribution in [-0.2, 0) is 16.0 Å². The topological polar surface area (TPSA) is 135 Å². The molecule has 12 heteroatoms. The van der Waals surface area contributed by atoms with Crippen molar-refractivity contribution in [1.82, 2.24) is 25.6 Å². The van der Waals surface area contributed by atoms with Crippen LogP contribution in [0.25, 0.3) is 0 Å². The van der Waals surface area contributed by atoms with E-state index >= 15 is 0 Å². The van der Waals surface area contributed by atoms with Gasteiger partial charge in [-0.15, -0.1) is 0 Å². The Morgan fingerprint density at radius 1 is 0.850 bits per heavy atom. The van der Waals surface area contributed by atoms with E-state index in [-0.39, 0.29) is 5.91 Å². The van der Waals surface area contributed by atoms with Crippen molar-refractivity contribution in [3.63, 3.8) is 0 Å². The second kappa shape index (κ2) is 16.2. The molecule has 12 nitrogen and oxygen atoms in total. The second-order valence-corrected chi connectivity index (χ2v) is 8.99. The first kappa shape index (κ1) is 29.0. The number of benzene rings is 2. The Hall–Kier alpha value is -4.00. The van der Waals surface area contributed by atoms with Crippen LogP contribution >= 0.6 is 0 Å². The summed E-state index contributed by atoms with van der Waals surface area (Å²) in [6, 6.07) is 17.0. The standard InChI is InChI=1S/C28H38N8O4/c1-38-24-9-7-22(8-10-24)21-32-27-33-26(34-28(35-27)36-15-11-29-12-16-36)31-14-18-40-20-19-39-17-13-30-25(37)23-5-3-2-4-6-23/h2-10,29H,11-21H2,1H3,(H,30,37)(H2,31,32,33,34,35). The van der Waals surface area contributed by atoms with Gasteiger partial charge in [-0.3, -0.25) is 4.79 Å². The van der Waals surface area contributed by atoms with Gasteiger partial charge in [0, 0.05) is 51.4 Å². The van der Waals surface area contributed by atoms with E-state index in [0.717, 1.165) is 37.5 Å². The zero-order valence-corrected chi connectivity index (χ0v) is 22.9. The molecule has 1 fully saturated rings. The first-order chi connectivity index (χ1) is 19.7. The molecular weight excluding hydrogens is 512 g/mol. The molecule has 2 aromatic carbocycles. The van der Waals surface area contributed by atoms with Gasteiger partial charge in [0.25, 0.3) is 5.91 Å². The molecule has 1 aliphatic rings. The molecule has 4 N–H and O–H groups in total. The minimum Gasteiger partial charge on any atom is -0.497 e.